The molecule has 3 fully saturated rings. The van der Waals surface area contributed by atoms with Crippen LogP contribution in [0.5, 0.6) is 0 Å². The first-order chi connectivity index (χ1) is 22.2. The number of likely N-dealkylation sites (tertiary alicyclic amines) is 1. The zero-order valence-electron chi connectivity index (χ0n) is 26.4. The van der Waals surface area contributed by atoms with Crippen LogP contribution >= 0.6 is 11.8 Å². The number of rotatable bonds is 13. The van der Waals surface area contributed by atoms with E-state index in [4.69, 9.17) is 0 Å². The number of aliphatic hydroxyl groups is 1. The Morgan fingerprint density at radius 2 is 1.76 bits per heavy atom. The molecule has 1 aromatic heterocycles. The van der Waals surface area contributed by atoms with Crippen molar-refractivity contribution < 1.29 is 19.5 Å². The van der Waals surface area contributed by atoms with Crippen LogP contribution in [0.4, 0.5) is 0 Å². The van der Waals surface area contributed by atoms with Gasteiger partial charge in [-0.25, -0.2) is 4.68 Å². The molecule has 0 radical (unpaired) electrons. The number of para-hydroxylation sites is 1. The van der Waals surface area contributed by atoms with Crippen LogP contribution in [0.3, 0.4) is 0 Å². The molecule has 242 valence electrons. The number of thioether (sulfide) groups is 1. The van der Waals surface area contributed by atoms with Crippen LogP contribution in [-0.4, -0.2) is 94.3 Å². The molecule has 3 aliphatic heterocycles. The molecule has 46 heavy (non-hydrogen) atoms. The molecule has 3 saturated heterocycles. The summed E-state index contributed by atoms with van der Waals surface area (Å²) < 4.78 is 0.888. The maximum absolute atomic E-state index is 14.9. The van der Waals surface area contributed by atoms with Gasteiger partial charge in [0.15, 0.2) is 0 Å². The maximum Gasteiger partial charge on any atom is 0.248 e. The van der Waals surface area contributed by atoms with Gasteiger partial charge in [-0.1, -0.05) is 73.7 Å². The average Bonchev–Trinajstić information content (AvgIpc) is 3.81. The molecule has 1 N–H and O–H groups in total. The molecule has 2 aromatic carbocycles. The lowest BCUT2D eigenvalue weighted by Crippen LogP contribution is -2.58. The molecule has 2 bridgehead atoms. The number of nitrogens with zero attached hydrogens (tertiary/aromatic N) is 6. The molecule has 6 rings (SSSR count). The zero-order valence-corrected chi connectivity index (χ0v) is 27.3. The summed E-state index contributed by atoms with van der Waals surface area (Å²) in [7, 11) is 0. The van der Waals surface area contributed by atoms with E-state index >= 15 is 0 Å². The molecular formula is C35H42N6O4S. The molecule has 11 heteroatoms. The highest BCUT2D eigenvalue weighted by Crippen LogP contribution is 2.67. The fourth-order valence-corrected chi connectivity index (χ4v) is 9.95. The number of aliphatic hydroxyl groups excluding tert-OH is 1. The molecule has 0 saturated carbocycles. The predicted octanol–water partition coefficient (Wildman–Crippen LogP) is 3.73. The second-order valence-corrected chi connectivity index (χ2v) is 14.5. The van der Waals surface area contributed by atoms with E-state index < -0.39 is 28.7 Å². The Balaban J connectivity index is 1.38. The van der Waals surface area contributed by atoms with Gasteiger partial charge in [0.25, 0.3) is 0 Å². The van der Waals surface area contributed by atoms with Gasteiger partial charge in [-0.3, -0.25) is 14.4 Å². The Morgan fingerprint density at radius 1 is 1.07 bits per heavy atom. The summed E-state index contributed by atoms with van der Waals surface area (Å²) in [5.41, 5.74) is 2.50. The minimum absolute atomic E-state index is 0.0827. The van der Waals surface area contributed by atoms with Crippen LogP contribution in [-0.2, 0) is 27.6 Å². The predicted molar refractivity (Wildman–Crippen MR) is 178 cm³/mol. The van der Waals surface area contributed by atoms with E-state index in [1.807, 2.05) is 68.4 Å². The largest absolute Gasteiger partial charge is 0.394 e. The van der Waals surface area contributed by atoms with Crippen molar-refractivity contribution in [3.63, 3.8) is 0 Å². The molecule has 3 amide bonds. The number of carbonyl (C=O) groups is 3. The summed E-state index contributed by atoms with van der Waals surface area (Å²) in [5.74, 6) is -1.90. The molecule has 10 nitrogen and oxygen atoms in total. The van der Waals surface area contributed by atoms with Crippen molar-refractivity contribution in [1.29, 1.82) is 0 Å². The average molecular weight is 643 g/mol. The molecule has 3 aliphatic rings. The number of carbonyl (C=O) groups excluding carboxylic acids is 3. The van der Waals surface area contributed by atoms with E-state index in [9.17, 15) is 19.5 Å². The van der Waals surface area contributed by atoms with Gasteiger partial charge >= 0.3 is 0 Å². The van der Waals surface area contributed by atoms with Crippen LogP contribution < -0.4 is 0 Å². The zero-order chi connectivity index (χ0) is 32.6. The van der Waals surface area contributed by atoms with Crippen molar-refractivity contribution in [2.24, 2.45) is 17.8 Å². The van der Waals surface area contributed by atoms with Gasteiger partial charge in [0.05, 0.1) is 34.7 Å². The third-order valence-corrected chi connectivity index (χ3v) is 11.8. The Morgan fingerprint density at radius 3 is 2.46 bits per heavy atom. The molecule has 3 aromatic rings. The van der Waals surface area contributed by atoms with E-state index in [1.165, 1.54) is 0 Å². The minimum Gasteiger partial charge on any atom is -0.394 e. The summed E-state index contributed by atoms with van der Waals surface area (Å²) in [6.45, 7) is 12.5. The lowest BCUT2D eigenvalue weighted by molar-refractivity contribution is -0.148. The number of benzene rings is 2. The Bertz CT molecular complexity index is 1630. The van der Waals surface area contributed by atoms with E-state index in [2.05, 4.69) is 23.5 Å². The topological polar surface area (TPSA) is 112 Å². The molecular weight excluding hydrogens is 600 g/mol. The fourth-order valence-electron chi connectivity index (χ4n) is 7.76. The van der Waals surface area contributed by atoms with Crippen molar-refractivity contribution in [2.75, 3.05) is 19.7 Å². The third-order valence-electron chi connectivity index (χ3n) is 9.83. The van der Waals surface area contributed by atoms with Gasteiger partial charge in [0, 0.05) is 24.9 Å². The summed E-state index contributed by atoms with van der Waals surface area (Å²) in [5, 5.41) is 19.1. The first-order valence-corrected chi connectivity index (χ1v) is 16.9. The van der Waals surface area contributed by atoms with Crippen LogP contribution in [0.1, 0.15) is 32.3 Å². The third kappa shape index (κ3) is 5.33. The van der Waals surface area contributed by atoms with Gasteiger partial charge < -0.3 is 19.8 Å². The SMILES string of the molecule is C=CCN(Cn1nnc2ccccc21)C(=O)C1N([C@@H](CO)C(C)C)C(=O)[C@@H]2[C@@H](C(=O)N(CC=C)Cc3ccccc3)[C@H]3CCC12S3. The number of aromatic nitrogens is 3. The van der Waals surface area contributed by atoms with Gasteiger partial charge in [0.1, 0.15) is 18.2 Å². The minimum atomic E-state index is -0.853. The summed E-state index contributed by atoms with van der Waals surface area (Å²) in [6.07, 6.45) is 4.76. The second-order valence-electron chi connectivity index (χ2n) is 12.9. The number of amides is 3. The van der Waals surface area contributed by atoms with Crippen molar-refractivity contribution in [1.82, 2.24) is 29.7 Å². The van der Waals surface area contributed by atoms with Gasteiger partial charge in [-0.15, -0.1) is 30.0 Å². The maximum atomic E-state index is 14.9. The van der Waals surface area contributed by atoms with Gasteiger partial charge in [-0.05, 0) is 36.5 Å². The van der Waals surface area contributed by atoms with Gasteiger partial charge in [-0.2, -0.15) is 0 Å². The van der Waals surface area contributed by atoms with Crippen molar-refractivity contribution in [3.8, 4) is 0 Å². The Labute approximate surface area is 274 Å². The van der Waals surface area contributed by atoms with Crippen LogP contribution in [0.15, 0.2) is 79.9 Å². The van der Waals surface area contributed by atoms with Crippen LogP contribution in [0.2, 0.25) is 0 Å². The fraction of sp³-hybridized carbons (Fsp3) is 0.457. The standard InChI is InChI=1S/C35H42N6O4S/c1-5-18-38(20-24-12-8-7-9-13-24)32(43)29-28-16-17-35(46-28)30(29)33(44)41(27(21-42)23(3)4)31(35)34(45)39(19-6-2)22-40-26-15-11-10-14-25(26)36-37-40/h5-15,23,27-31,42H,1-2,16-22H2,3-4H3/t27-,28+,29-,30-,31?,35?/m0/s1. The normalized spacial score (nSPS) is 25.6. The quantitative estimate of drug-likeness (QED) is 0.283. The van der Waals surface area contributed by atoms with Crippen LogP contribution in [0, 0.1) is 17.8 Å². The highest BCUT2D eigenvalue weighted by Gasteiger charge is 2.74. The summed E-state index contributed by atoms with van der Waals surface area (Å²) >= 11 is 1.63. The summed E-state index contributed by atoms with van der Waals surface area (Å²) in [4.78, 5) is 49.1. The monoisotopic (exact) mass is 642 g/mol. The van der Waals surface area contributed by atoms with E-state index in [0.29, 0.717) is 19.5 Å². The molecule has 6 atom stereocenters. The number of fused-ring (bicyclic) bond motifs is 2. The highest BCUT2D eigenvalue weighted by atomic mass is 32.2. The van der Waals surface area contributed by atoms with E-state index in [0.717, 1.165) is 23.0 Å². The van der Waals surface area contributed by atoms with Crippen molar-refractivity contribution in [2.45, 2.75) is 62.0 Å². The van der Waals surface area contributed by atoms with E-state index in [-0.39, 0.29) is 48.7 Å². The summed E-state index contributed by atoms with van der Waals surface area (Å²) in [6, 6.07) is 15.9. The Hall–Kier alpha value is -3.96. The molecule has 2 unspecified atom stereocenters. The first-order valence-electron chi connectivity index (χ1n) is 16.0. The van der Waals surface area contributed by atoms with Crippen molar-refractivity contribution >= 4 is 40.5 Å². The molecule has 0 aliphatic carbocycles. The molecule has 1 spiro atoms. The first kappa shape index (κ1) is 32.0. The smallest absolute Gasteiger partial charge is 0.248 e. The highest BCUT2D eigenvalue weighted by molar-refractivity contribution is 8.02. The van der Waals surface area contributed by atoms with E-state index in [1.54, 1.807) is 43.3 Å². The second kappa shape index (κ2) is 13.0. The Kier molecular flexibility index (Phi) is 9.07. The molecule has 4 heterocycles. The van der Waals surface area contributed by atoms with Gasteiger partial charge in [0.2, 0.25) is 17.7 Å². The lowest BCUT2D eigenvalue weighted by Gasteiger charge is -2.40. The number of hydrogen-bond donors (Lipinski definition) is 1. The number of hydrogen-bond acceptors (Lipinski definition) is 7. The van der Waals surface area contributed by atoms with Crippen LogP contribution in [0.25, 0.3) is 11.0 Å². The lowest BCUT2D eigenvalue weighted by atomic mass is 9.70. The van der Waals surface area contributed by atoms with Crippen molar-refractivity contribution in [3.05, 3.63) is 85.5 Å².